The van der Waals surface area contributed by atoms with Gasteiger partial charge in [-0.05, 0) is 49.6 Å². The number of rotatable bonds is 14. The van der Waals surface area contributed by atoms with Crippen LogP contribution in [0.1, 0.15) is 83.7 Å². The van der Waals surface area contributed by atoms with Crippen molar-refractivity contribution in [2.24, 2.45) is 11.3 Å². The SMILES string of the molecule is CCCC(NC(=O)[C@@H]1CC(C)(C)CN1C(=O)[C@@H](NC)C1CCCCC1)C(=O)C(=O)NCC(=O)NC(C(=O)O)c1ccccc1. The van der Waals surface area contributed by atoms with Crippen molar-refractivity contribution in [1.29, 1.82) is 0 Å². The van der Waals surface area contributed by atoms with Crippen LogP contribution in [0.25, 0.3) is 0 Å². The van der Waals surface area contributed by atoms with Crippen LogP contribution in [0.15, 0.2) is 30.3 Å². The number of carbonyl (C=O) groups is 6. The van der Waals surface area contributed by atoms with E-state index in [2.05, 4.69) is 21.3 Å². The number of hydrogen-bond donors (Lipinski definition) is 5. The van der Waals surface area contributed by atoms with Crippen molar-refractivity contribution in [3.63, 3.8) is 0 Å². The van der Waals surface area contributed by atoms with E-state index in [-0.39, 0.29) is 23.7 Å². The number of amides is 4. The molecule has 0 aromatic heterocycles. The number of aliphatic carboxylic acids is 1. The summed E-state index contributed by atoms with van der Waals surface area (Å²) in [6, 6.07) is 4.42. The van der Waals surface area contributed by atoms with Gasteiger partial charge in [-0.1, -0.05) is 76.8 Å². The van der Waals surface area contributed by atoms with Gasteiger partial charge >= 0.3 is 5.97 Å². The summed E-state index contributed by atoms with van der Waals surface area (Å²) in [5.41, 5.74) is 0.0364. The topological polar surface area (TPSA) is 174 Å². The van der Waals surface area contributed by atoms with Gasteiger partial charge in [0.25, 0.3) is 5.91 Å². The summed E-state index contributed by atoms with van der Waals surface area (Å²) in [4.78, 5) is 79.0. The first kappa shape index (κ1) is 34.7. The number of nitrogens with one attached hydrogen (secondary N) is 4. The molecule has 5 N–H and O–H groups in total. The lowest BCUT2D eigenvalue weighted by Gasteiger charge is -2.34. The number of carboxylic acids is 1. The highest BCUT2D eigenvalue weighted by Crippen LogP contribution is 2.36. The number of benzene rings is 1. The van der Waals surface area contributed by atoms with Crippen molar-refractivity contribution in [2.75, 3.05) is 20.1 Å². The smallest absolute Gasteiger partial charge is 0.330 e. The number of Topliss-reactive ketones (excluding diaryl/α,β-unsaturated/α-hetero) is 1. The predicted octanol–water partition coefficient (Wildman–Crippen LogP) is 1.69. The highest BCUT2D eigenvalue weighted by Gasteiger charge is 2.47. The molecule has 1 heterocycles. The van der Waals surface area contributed by atoms with E-state index in [0.717, 1.165) is 32.1 Å². The molecule has 1 aromatic rings. The third-order valence-corrected chi connectivity index (χ3v) is 8.53. The molecule has 0 spiro atoms. The Labute approximate surface area is 259 Å². The Bertz CT molecular complexity index is 1200. The lowest BCUT2D eigenvalue weighted by atomic mass is 9.83. The minimum atomic E-state index is -1.33. The number of ketones is 1. The van der Waals surface area contributed by atoms with Crippen LogP contribution in [0.3, 0.4) is 0 Å². The molecule has 12 nitrogen and oxygen atoms in total. The van der Waals surface area contributed by atoms with Crippen LogP contribution in [0.5, 0.6) is 0 Å². The van der Waals surface area contributed by atoms with Crippen LogP contribution < -0.4 is 21.3 Å². The van der Waals surface area contributed by atoms with Crippen molar-refractivity contribution >= 4 is 35.4 Å². The van der Waals surface area contributed by atoms with Crippen LogP contribution in [0.2, 0.25) is 0 Å². The first-order valence-electron chi connectivity index (χ1n) is 15.6. The van der Waals surface area contributed by atoms with E-state index >= 15 is 0 Å². The first-order valence-corrected chi connectivity index (χ1v) is 15.6. The molecule has 242 valence electrons. The zero-order valence-corrected chi connectivity index (χ0v) is 26.2. The van der Waals surface area contributed by atoms with Crippen LogP contribution >= 0.6 is 0 Å². The fourth-order valence-corrected chi connectivity index (χ4v) is 6.32. The Morgan fingerprint density at radius 2 is 1.66 bits per heavy atom. The molecule has 4 amide bonds. The Morgan fingerprint density at radius 3 is 2.25 bits per heavy atom. The monoisotopic (exact) mass is 613 g/mol. The summed E-state index contributed by atoms with van der Waals surface area (Å²) in [6.07, 6.45) is 6.30. The molecule has 2 fully saturated rings. The van der Waals surface area contributed by atoms with Gasteiger partial charge in [-0.3, -0.25) is 24.0 Å². The first-order chi connectivity index (χ1) is 20.9. The molecule has 3 rings (SSSR count). The molecule has 44 heavy (non-hydrogen) atoms. The van der Waals surface area contributed by atoms with Crippen molar-refractivity contribution in [1.82, 2.24) is 26.2 Å². The molecule has 2 aliphatic rings. The van der Waals surface area contributed by atoms with Crippen molar-refractivity contribution in [2.45, 2.75) is 96.3 Å². The Balaban J connectivity index is 1.64. The summed E-state index contributed by atoms with van der Waals surface area (Å²) >= 11 is 0. The minimum absolute atomic E-state index is 0.123. The second-order valence-electron chi connectivity index (χ2n) is 12.7. The fraction of sp³-hybridized carbons (Fsp3) is 0.625. The molecule has 2 unspecified atom stereocenters. The number of carbonyl (C=O) groups excluding carboxylic acids is 5. The molecule has 0 radical (unpaired) electrons. The highest BCUT2D eigenvalue weighted by atomic mass is 16.4. The summed E-state index contributed by atoms with van der Waals surface area (Å²) in [5.74, 6) is -4.48. The highest BCUT2D eigenvalue weighted by molar-refractivity contribution is 6.38. The van der Waals surface area contributed by atoms with Gasteiger partial charge in [-0.15, -0.1) is 0 Å². The maximum absolute atomic E-state index is 13.8. The van der Waals surface area contributed by atoms with Gasteiger partial charge in [-0.2, -0.15) is 0 Å². The van der Waals surface area contributed by atoms with Crippen molar-refractivity contribution in [3.8, 4) is 0 Å². The lowest BCUT2D eigenvalue weighted by molar-refractivity contribution is -0.144. The lowest BCUT2D eigenvalue weighted by Crippen LogP contribution is -2.57. The number of nitrogens with zero attached hydrogens (tertiary/aromatic N) is 1. The summed E-state index contributed by atoms with van der Waals surface area (Å²) in [6.45, 7) is 5.57. The van der Waals surface area contributed by atoms with Crippen molar-refractivity contribution in [3.05, 3.63) is 35.9 Å². The molecule has 1 saturated heterocycles. The quantitative estimate of drug-likeness (QED) is 0.197. The Morgan fingerprint density at radius 1 is 1.00 bits per heavy atom. The molecule has 4 atom stereocenters. The normalized spacial score (nSPS) is 20.2. The standard InChI is InChI=1S/C32H47N5O7/c1-5-12-22(27(39)29(41)34-18-24(38)36-26(31(43)44)21-15-10-7-11-16-21)35-28(40)23-17-32(2,3)19-37(23)30(42)25(33-4)20-13-8-6-9-14-20/h7,10-11,15-16,20,22-23,25-26,33H,5-6,8-9,12-14,17-19H2,1-4H3,(H,34,41)(H,35,40)(H,36,38)(H,43,44)/t22?,23-,25-,26?/m0/s1. The average Bonchev–Trinajstić information content (AvgIpc) is 3.34. The van der Waals surface area contributed by atoms with Gasteiger partial charge in [0.1, 0.15) is 6.04 Å². The second-order valence-corrected chi connectivity index (χ2v) is 12.7. The molecule has 1 aliphatic carbocycles. The van der Waals surface area contributed by atoms with Gasteiger partial charge in [0, 0.05) is 6.54 Å². The summed E-state index contributed by atoms with van der Waals surface area (Å²) in [7, 11) is 1.77. The number of likely N-dealkylation sites (tertiary alicyclic amines) is 1. The van der Waals surface area contributed by atoms with E-state index in [1.807, 2.05) is 20.8 Å². The second kappa shape index (κ2) is 15.8. The molecule has 12 heteroatoms. The van der Waals surface area contributed by atoms with E-state index in [1.54, 1.807) is 42.3 Å². The molecule has 0 bridgehead atoms. The molecule has 1 aliphatic heterocycles. The Kier molecular flexibility index (Phi) is 12.4. The third kappa shape index (κ3) is 9.10. The van der Waals surface area contributed by atoms with E-state index < -0.39 is 60.2 Å². The van der Waals surface area contributed by atoms with Gasteiger partial charge in [0.15, 0.2) is 6.04 Å². The number of hydrogen-bond acceptors (Lipinski definition) is 7. The van der Waals surface area contributed by atoms with Gasteiger partial charge in [0.05, 0.1) is 18.6 Å². The molecular weight excluding hydrogens is 566 g/mol. The van der Waals surface area contributed by atoms with Gasteiger partial charge in [-0.25, -0.2) is 4.79 Å². The van der Waals surface area contributed by atoms with Crippen molar-refractivity contribution < 1.29 is 33.9 Å². The maximum atomic E-state index is 13.8. The third-order valence-electron chi connectivity index (χ3n) is 8.53. The number of carboxylic acid groups (broad SMARTS) is 1. The van der Waals surface area contributed by atoms with Gasteiger partial charge in [0.2, 0.25) is 23.5 Å². The zero-order chi connectivity index (χ0) is 32.4. The maximum Gasteiger partial charge on any atom is 0.330 e. The van der Waals surface area contributed by atoms with Crippen LogP contribution in [-0.4, -0.2) is 83.7 Å². The predicted molar refractivity (Wildman–Crippen MR) is 163 cm³/mol. The van der Waals surface area contributed by atoms with Crippen LogP contribution in [-0.2, 0) is 28.8 Å². The van der Waals surface area contributed by atoms with Crippen LogP contribution in [0.4, 0.5) is 0 Å². The average molecular weight is 614 g/mol. The Hall–Kier alpha value is -3.80. The van der Waals surface area contributed by atoms with Gasteiger partial charge < -0.3 is 31.3 Å². The van der Waals surface area contributed by atoms with E-state index in [9.17, 15) is 33.9 Å². The van der Waals surface area contributed by atoms with E-state index in [0.29, 0.717) is 24.9 Å². The summed E-state index contributed by atoms with van der Waals surface area (Å²) < 4.78 is 0. The van der Waals surface area contributed by atoms with E-state index in [1.165, 1.54) is 0 Å². The zero-order valence-electron chi connectivity index (χ0n) is 26.2. The summed E-state index contributed by atoms with van der Waals surface area (Å²) in [5, 5.41) is 20.0. The minimum Gasteiger partial charge on any atom is -0.479 e. The molecular formula is C32H47N5O7. The molecule has 1 aromatic carbocycles. The van der Waals surface area contributed by atoms with E-state index in [4.69, 9.17) is 0 Å². The number of likely N-dealkylation sites (N-methyl/N-ethyl adjacent to an activating group) is 1. The molecule has 1 saturated carbocycles. The fourth-order valence-electron chi connectivity index (χ4n) is 6.32. The largest absolute Gasteiger partial charge is 0.479 e. The van der Waals surface area contributed by atoms with Crippen LogP contribution in [0, 0.1) is 11.3 Å².